The maximum atomic E-state index is 2.48. The molecule has 0 N–H and O–H groups in total. The first kappa shape index (κ1) is 22.2. The van der Waals surface area contributed by atoms with Crippen LogP contribution in [0.4, 0.5) is 0 Å². The molecule has 0 aliphatic carbocycles. The summed E-state index contributed by atoms with van der Waals surface area (Å²) >= 11 is 0. The molecule has 0 saturated carbocycles. The van der Waals surface area contributed by atoms with Crippen molar-refractivity contribution in [2.45, 2.75) is 112 Å². The van der Waals surface area contributed by atoms with Crippen molar-refractivity contribution in [3.8, 4) is 0 Å². The van der Waals surface area contributed by atoms with Gasteiger partial charge < -0.3 is 0 Å². The van der Waals surface area contributed by atoms with E-state index in [2.05, 4.69) is 39.0 Å². The zero-order valence-corrected chi connectivity index (χ0v) is 16.7. The van der Waals surface area contributed by atoms with Gasteiger partial charge in [-0.1, -0.05) is 91.3 Å². The van der Waals surface area contributed by atoms with Crippen molar-refractivity contribution < 1.29 is 0 Å². The van der Waals surface area contributed by atoms with E-state index in [0.29, 0.717) is 0 Å². The summed E-state index contributed by atoms with van der Waals surface area (Å²) in [6, 6.07) is 7.44. The molecule has 23 heavy (non-hydrogen) atoms. The number of rotatable bonds is 12. The molecule has 0 unspecified atom stereocenters. The molecule has 0 spiro atoms. The Morgan fingerprint density at radius 1 is 0.478 bits per heavy atom. The van der Waals surface area contributed by atoms with E-state index in [1.165, 1.54) is 77.0 Å². The molecule has 0 bridgehead atoms. The third-order valence-corrected chi connectivity index (χ3v) is 4.32. The van der Waals surface area contributed by atoms with Gasteiger partial charge in [0.05, 0.1) is 0 Å². The van der Waals surface area contributed by atoms with E-state index in [-0.39, 0.29) is 0 Å². The maximum absolute atomic E-state index is 2.48. The summed E-state index contributed by atoms with van der Waals surface area (Å²) < 4.78 is 0. The van der Waals surface area contributed by atoms with Gasteiger partial charge in [-0.2, -0.15) is 0 Å². The van der Waals surface area contributed by atoms with Gasteiger partial charge in [0.15, 0.2) is 0 Å². The van der Waals surface area contributed by atoms with Crippen molar-refractivity contribution in [2.75, 3.05) is 0 Å². The van der Waals surface area contributed by atoms with Crippen LogP contribution in [0.5, 0.6) is 0 Å². The SMILES string of the molecule is CC.CCCCCc1cc(CCCCC)cc(CCCCC)c1. The zero-order valence-electron chi connectivity index (χ0n) is 16.7. The van der Waals surface area contributed by atoms with E-state index in [9.17, 15) is 0 Å². The van der Waals surface area contributed by atoms with Gasteiger partial charge in [0, 0.05) is 0 Å². The summed E-state index contributed by atoms with van der Waals surface area (Å²) in [5.74, 6) is 0. The molecule has 0 atom stereocenters. The van der Waals surface area contributed by atoms with E-state index < -0.39 is 0 Å². The summed E-state index contributed by atoms with van der Waals surface area (Å²) in [5, 5.41) is 0. The number of benzene rings is 1. The molecule has 1 aromatic carbocycles. The highest BCUT2D eigenvalue weighted by Crippen LogP contribution is 2.18. The van der Waals surface area contributed by atoms with Crippen LogP contribution in [-0.4, -0.2) is 0 Å². The van der Waals surface area contributed by atoms with Crippen molar-refractivity contribution in [1.82, 2.24) is 0 Å². The van der Waals surface area contributed by atoms with Crippen molar-refractivity contribution >= 4 is 0 Å². The molecule has 0 amide bonds. The van der Waals surface area contributed by atoms with Crippen molar-refractivity contribution in [2.24, 2.45) is 0 Å². The summed E-state index contributed by atoms with van der Waals surface area (Å²) in [7, 11) is 0. The molecule has 0 radical (unpaired) electrons. The zero-order chi connectivity index (χ0) is 17.3. The lowest BCUT2D eigenvalue weighted by Crippen LogP contribution is -1.95. The Morgan fingerprint density at radius 2 is 0.739 bits per heavy atom. The number of unbranched alkanes of at least 4 members (excludes halogenated alkanes) is 6. The molecule has 134 valence electrons. The number of aryl methyl sites for hydroxylation is 3. The van der Waals surface area contributed by atoms with Gasteiger partial charge >= 0.3 is 0 Å². The van der Waals surface area contributed by atoms with Crippen LogP contribution in [0.25, 0.3) is 0 Å². The monoisotopic (exact) mass is 318 g/mol. The van der Waals surface area contributed by atoms with E-state index in [0.717, 1.165) is 0 Å². The third-order valence-electron chi connectivity index (χ3n) is 4.32. The van der Waals surface area contributed by atoms with Gasteiger partial charge in [0.2, 0.25) is 0 Å². The van der Waals surface area contributed by atoms with E-state index >= 15 is 0 Å². The molecule has 0 heterocycles. The lowest BCUT2D eigenvalue weighted by molar-refractivity contribution is 0.699. The smallest absolute Gasteiger partial charge is 0.0279 e. The fourth-order valence-corrected chi connectivity index (χ4v) is 3.01. The van der Waals surface area contributed by atoms with Gasteiger partial charge in [0.25, 0.3) is 0 Å². The number of hydrogen-bond donors (Lipinski definition) is 0. The van der Waals surface area contributed by atoms with Crippen molar-refractivity contribution in [1.29, 1.82) is 0 Å². The van der Waals surface area contributed by atoms with Crippen LogP contribution < -0.4 is 0 Å². The molecule has 0 aliphatic rings. The molecule has 0 aromatic heterocycles. The summed E-state index contributed by atoms with van der Waals surface area (Å²) in [6.45, 7) is 10.9. The van der Waals surface area contributed by atoms with Crippen LogP contribution in [-0.2, 0) is 19.3 Å². The van der Waals surface area contributed by atoms with Crippen LogP contribution in [0.15, 0.2) is 18.2 Å². The van der Waals surface area contributed by atoms with Crippen LogP contribution in [0.2, 0.25) is 0 Å². The van der Waals surface area contributed by atoms with E-state index in [1.54, 1.807) is 16.7 Å². The molecule has 0 nitrogen and oxygen atoms in total. The molecule has 0 aliphatic heterocycles. The minimum atomic E-state index is 1.27. The summed E-state index contributed by atoms with van der Waals surface area (Å²) in [6.07, 6.45) is 15.9. The molecule has 1 rings (SSSR count). The van der Waals surface area contributed by atoms with Crippen LogP contribution >= 0.6 is 0 Å². The minimum Gasteiger partial charge on any atom is -0.0683 e. The Labute approximate surface area is 147 Å². The minimum absolute atomic E-state index is 1.27. The summed E-state index contributed by atoms with van der Waals surface area (Å²) in [5.41, 5.74) is 4.76. The Balaban J connectivity index is 0.00000232. The Hall–Kier alpha value is -0.780. The fraction of sp³-hybridized carbons (Fsp3) is 0.739. The normalized spacial score (nSPS) is 10.3. The first-order chi connectivity index (χ1) is 11.3. The highest BCUT2D eigenvalue weighted by molar-refractivity contribution is 5.30. The molecular weight excluding hydrogens is 276 g/mol. The van der Waals surface area contributed by atoms with Gasteiger partial charge in [-0.15, -0.1) is 0 Å². The molecular formula is C23H42. The summed E-state index contributed by atoms with van der Waals surface area (Å²) in [4.78, 5) is 0. The van der Waals surface area contributed by atoms with Gasteiger partial charge in [-0.25, -0.2) is 0 Å². The predicted octanol–water partition coefficient (Wildman–Crippen LogP) is 7.91. The largest absolute Gasteiger partial charge is 0.0683 e. The van der Waals surface area contributed by atoms with Gasteiger partial charge in [-0.3, -0.25) is 0 Å². The third kappa shape index (κ3) is 11.4. The fourth-order valence-electron chi connectivity index (χ4n) is 3.01. The van der Waals surface area contributed by atoms with Crippen LogP contribution in [0.1, 0.15) is 109 Å². The van der Waals surface area contributed by atoms with Crippen LogP contribution in [0.3, 0.4) is 0 Å². The topological polar surface area (TPSA) is 0 Å². The first-order valence-electron chi connectivity index (χ1n) is 10.4. The van der Waals surface area contributed by atoms with E-state index in [1.807, 2.05) is 13.8 Å². The van der Waals surface area contributed by atoms with Gasteiger partial charge in [0.1, 0.15) is 0 Å². The van der Waals surface area contributed by atoms with Crippen molar-refractivity contribution in [3.05, 3.63) is 34.9 Å². The Morgan fingerprint density at radius 3 is 0.957 bits per heavy atom. The Kier molecular flexibility index (Phi) is 15.5. The number of hydrogen-bond acceptors (Lipinski definition) is 0. The highest BCUT2D eigenvalue weighted by atomic mass is 14.1. The van der Waals surface area contributed by atoms with E-state index in [4.69, 9.17) is 0 Å². The predicted molar refractivity (Wildman–Crippen MR) is 107 cm³/mol. The average Bonchev–Trinajstić information content (AvgIpc) is 2.57. The second-order valence-electron chi connectivity index (χ2n) is 6.53. The molecule has 0 heteroatoms. The molecule has 0 fully saturated rings. The molecule has 1 aromatic rings. The molecule has 0 saturated heterocycles. The van der Waals surface area contributed by atoms with Crippen LogP contribution in [0, 0.1) is 0 Å². The highest BCUT2D eigenvalue weighted by Gasteiger charge is 2.02. The lowest BCUT2D eigenvalue weighted by Gasteiger charge is -2.10. The second kappa shape index (κ2) is 16.1. The Bertz CT molecular complexity index is 295. The average molecular weight is 319 g/mol. The first-order valence-corrected chi connectivity index (χ1v) is 10.4. The second-order valence-corrected chi connectivity index (χ2v) is 6.53. The van der Waals surface area contributed by atoms with Crippen molar-refractivity contribution in [3.63, 3.8) is 0 Å². The van der Waals surface area contributed by atoms with Gasteiger partial charge in [-0.05, 0) is 55.2 Å². The lowest BCUT2D eigenvalue weighted by atomic mass is 9.96. The standard InChI is InChI=1S/C21H36.C2H6/c1-4-7-10-13-19-16-20(14-11-8-5-2)18-21(17-19)15-12-9-6-3;1-2/h16-18H,4-15H2,1-3H3;1-2H3. The quantitative estimate of drug-likeness (QED) is 0.343. The maximum Gasteiger partial charge on any atom is -0.0279 e.